The fraction of sp³-hybridized carbons (Fsp3) is 0.273. The van der Waals surface area contributed by atoms with Gasteiger partial charge in [0.15, 0.2) is 5.13 Å². The molecule has 3 N–H and O–H groups in total. The van der Waals surface area contributed by atoms with E-state index in [1.54, 1.807) is 6.07 Å². The van der Waals surface area contributed by atoms with Gasteiger partial charge in [-0.25, -0.2) is 4.98 Å². The molecule has 0 bridgehead atoms. The van der Waals surface area contributed by atoms with Crippen LogP contribution in [0.3, 0.4) is 0 Å². The van der Waals surface area contributed by atoms with Gasteiger partial charge in [-0.3, -0.25) is 4.79 Å². The topological polar surface area (TPSA) is 77.2 Å². The van der Waals surface area contributed by atoms with Gasteiger partial charge in [-0.05, 0) is 56.5 Å². The zero-order valence-corrected chi connectivity index (χ0v) is 17.2. The van der Waals surface area contributed by atoms with Gasteiger partial charge in [-0.15, -0.1) is 11.3 Å². The van der Waals surface area contributed by atoms with Crippen molar-refractivity contribution in [3.8, 4) is 17.0 Å². The second kappa shape index (κ2) is 8.89. The number of hydrogen-bond acceptors (Lipinski definition) is 5. The molecule has 2 aromatic carbocycles. The first kappa shape index (κ1) is 19.9. The fourth-order valence-electron chi connectivity index (χ4n) is 2.82. The lowest BCUT2D eigenvalue weighted by Gasteiger charge is -2.08. The zero-order chi connectivity index (χ0) is 20.1. The van der Waals surface area contributed by atoms with Crippen LogP contribution in [-0.4, -0.2) is 17.5 Å². The van der Waals surface area contributed by atoms with Crippen LogP contribution in [0.2, 0.25) is 0 Å². The second-order valence-corrected chi connectivity index (χ2v) is 7.96. The number of nitrogen functional groups attached to an aromatic ring is 1. The van der Waals surface area contributed by atoms with Crippen LogP contribution in [0, 0.1) is 20.8 Å². The summed E-state index contributed by atoms with van der Waals surface area (Å²) in [6, 6.07) is 13.6. The summed E-state index contributed by atoms with van der Waals surface area (Å²) in [6.07, 6.45) is 0.971. The molecule has 5 nitrogen and oxygen atoms in total. The number of thiazole rings is 1. The number of amides is 1. The summed E-state index contributed by atoms with van der Waals surface area (Å²) in [6.45, 7) is 6.64. The van der Waals surface area contributed by atoms with E-state index in [2.05, 4.69) is 42.3 Å². The van der Waals surface area contributed by atoms with E-state index in [1.165, 1.54) is 22.5 Å². The number of carbonyl (C=O) groups is 1. The van der Waals surface area contributed by atoms with E-state index >= 15 is 0 Å². The third-order valence-electron chi connectivity index (χ3n) is 4.55. The molecule has 0 aliphatic heterocycles. The average Bonchev–Trinajstić information content (AvgIpc) is 3.02. The van der Waals surface area contributed by atoms with Crippen LogP contribution >= 0.6 is 11.3 Å². The highest BCUT2D eigenvalue weighted by Crippen LogP contribution is 2.31. The van der Waals surface area contributed by atoms with Gasteiger partial charge in [0.25, 0.3) is 0 Å². The van der Waals surface area contributed by atoms with Crippen molar-refractivity contribution >= 4 is 28.1 Å². The van der Waals surface area contributed by atoms with Crippen LogP contribution in [0.15, 0.2) is 42.5 Å². The fourth-order valence-corrected chi connectivity index (χ4v) is 3.67. The highest BCUT2D eigenvalue weighted by molar-refractivity contribution is 7.16. The number of para-hydroxylation sites is 2. The van der Waals surface area contributed by atoms with E-state index in [-0.39, 0.29) is 5.91 Å². The van der Waals surface area contributed by atoms with Gasteiger partial charge in [-0.2, -0.15) is 0 Å². The Labute approximate surface area is 169 Å². The number of aryl methyl sites for hydroxylation is 3. The first-order valence-corrected chi connectivity index (χ1v) is 10.1. The van der Waals surface area contributed by atoms with Gasteiger partial charge in [-0.1, -0.05) is 24.3 Å². The summed E-state index contributed by atoms with van der Waals surface area (Å²) in [4.78, 5) is 17.9. The van der Waals surface area contributed by atoms with Crippen LogP contribution in [-0.2, 0) is 4.79 Å². The molecule has 3 aromatic rings. The number of rotatable bonds is 7. The van der Waals surface area contributed by atoms with E-state index in [1.807, 2.05) is 25.1 Å². The van der Waals surface area contributed by atoms with Crippen molar-refractivity contribution in [1.29, 1.82) is 0 Å². The van der Waals surface area contributed by atoms with Crippen LogP contribution in [0.1, 0.15) is 28.8 Å². The number of benzene rings is 2. The lowest BCUT2D eigenvalue weighted by atomic mass is 10.0. The van der Waals surface area contributed by atoms with Gasteiger partial charge in [0.05, 0.1) is 18.0 Å². The predicted molar refractivity (Wildman–Crippen MR) is 116 cm³/mol. The molecule has 0 spiro atoms. The Balaban J connectivity index is 1.53. The third-order valence-corrected chi connectivity index (χ3v) is 5.43. The van der Waals surface area contributed by atoms with Gasteiger partial charge >= 0.3 is 0 Å². The second-order valence-electron chi connectivity index (χ2n) is 6.76. The summed E-state index contributed by atoms with van der Waals surface area (Å²) in [5.41, 5.74) is 10.9. The van der Waals surface area contributed by atoms with Crippen LogP contribution in [0.4, 0.5) is 10.8 Å². The van der Waals surface area contributed by atoms with Crippen LogP contribution in [0.25, 0.3) is 11.3 Å². The van der Waals surface area contributed by atoms with Gasteiger partial charge in [0.1, 0.15) is 5.75 Å². The first-order chi connectivity index (χ1) is 13.4. The molecule has 1 heterocycles. The van der Waals surface area contributed by atoms with E-state index in [0.717, 1.165) is 16.1 Å². The molecule has 0 aliphatic rings. The maximum absolute atomic E-state index is 12.2. The molecule has 28 heavy (non-hydrogen) atoms. The molecule has 0 unspecified atom stereocenters. The van der Waals surface area contributed by atoms with E-state index in [0.29, 0.717) is 36.0 Å². The maximum atomic E-state index is 12.2. The molecule has 3 rings (SSSR count). The Hall–Kier alpha value is -2.86. The zero-order valence-electron chi connectivity index (χ0n) is 16.4. The lowest BCUT2D eigenvalue weighted by Crippen LogP contribution is -2.12. The molecule has 0 aliphatic carbocycles. The summed E-state index contributed by atoms with van der Waals surface area (Å²) in [5.74, 6) is 0.585. The molecular weight excluding hydrogens is 370 g/mol. The van der Waals surface area contributed by atoms with Gasteiger partial charge in [0, 0.05) is 16.9 Å². The monoisotopic (exact) mass is 395 g/mol. The molecule has 1 aromatic heterocycles. The standard InChI is InChI=1S/C22H25N3O2S/c1-14-10-11-17(13-15(14)2)21-16(3)28-22(25-21)24-20(26)9-6-12-27-19-8-5-4-7-18(19)23/h4-5,7-8,10-11,13H,6,9,12,23H2,1-3H3,(H,24,25,26). The molecular formula is C22H25N3O2S. The quantitative estimate of drug-likeness (QED) is 0.430. The van der Waals surface area contributed by atoms with E-state index in [4.69, 9.17) is 10.5 Å². The van der Waals surface area contributed by atoms with Gasteiger partial charge < -0.3 is 15.8 Å². The Kier molecular flexibility index (Phi) is 6.31. The average molecular weight is 396 g/mol. The SMILES string of the molecule is Cc1ccc(-c2nc(NC(=O)CCCOc3ccccc3N)sc2C)cc1C. The van der Waals surface area contributed by atoms with Crippen LogP contribution < -0.4 is 15.8 Å². The van der Waals surface area contributed by atoms with Crippen molar-refractivity contribution in [3.63, 3.8) is 0 Å². The Bertz CT molecular complexity index is 982. The highest BCUT2D eigenvalue weighted by atomic mass is 32.1. The number of nitrogens with zero attached hydrogens (tertiary/aromatic N) is 1. The number of carbonyl (C=O) groups excluding carboxylic acids is 1. The Morgan fingerprint density at radius 2 is 1.93 bits per heavy atom. The summed E-state index contributed by atoms with van der Waals surface area (Å²) < 4.78 is 5.62. The first-order valence-electron chi connectivity index (χ1n) is 9.26. The largest absolute Gasteiger partial charge is 0.491 e. The summed E-state index contributed by atoms with van der Waals surface area (Å²) in [7, 11) is 0. The van der Waals surface area contributed by atoms with Crippen molar-refractivity contribution < 1.29 is 9.53 Å². The number of nitrogens with one attached hydrogen (secondary N) is 1. The molecule has 0 saturated carbocycles. The minimum Gasteiger partial charge on any atom is -0.491 e. The maximum Gasteiger partial charge on any atom is 0.226 e. The van der Waals surface area contributed by atoms with Crippen molar-refractivity contribution in [2.24, 2.45) is 0 Å². The molecule has 0 fully saturated rings. The van der Waals surface area contributed by atoms with Crippen molar-refractivity contribution in [3.05, 3.63) is 58.5 Å². The number of anilines is 2. The van der Waals surface area contributed by atoms with Crippen molar-refractivity contribution in [2.45, 2.75) is 33.6 Å². The third kappa shape index (κ3) is 4.89. The number of hydrogen-bond donors (Lipinski definition) is 2. The number of aromatic nitrogens is 1. The smallest absolute Gasteiger partial charge is 0.226 e. The summed E-state index contributed by atoms with van der Waals surface area (Å²) >= 11 is 1.49. The lowest BCUT2D eigenvalue weighted by molar-refractivity contribution is -0.116. The minimum atomic E-state index is -0.0648. The molecule has 6 heteroatoms. The highest BCUT2D eigenvalue weighted by Gasteiger charge is 2.13. The molecule has 0 atom stereocenters. The van der Waals surface area contributed by atoms with E-state index in [9.17, 15) is 4.79 Å². The molecule has 0 saturated heterocycles. The number of ether oxygens (including phenoxy) is 1. The molecule has 1 amide bonds. The summed E-state index contributed by atoms with van der Waals surface area (Å²) in [5, 5.41) is 3.53. The molecule has 0 radical (unpaired) electrons. The normalized spacial score (nSPS) is 10.7. The Morgan fingerprint density at radius 1 is 1.14 bits per heavy atom. The van der Waals surface area contributed by atoms with Gasteiger partial charge in [0.2, 0.25) is 5.91 Å². The van der Waals surface area contributed by atoms with Crippen molar-refractivity contribution in [1.82, 2.24) is 4.98 Å². The molecule has 146 valence electrons. The van der Waals surface area contributed by atoms with Crippen molar-refractivity contribution in [2.75, 3.05) is 17.7 Å². The number of nitrogens with two attached hydrogens (primary N) is 1. The predicted octanol–water partition coefficient (Wildman–Crippen LogP) is 5.12. The van der Waals surface area contributed by atoms with E-state index < -0.39 is 0 Å². The minimum absolute atomic E-state index is 0.0648. The van der Waals surface area contributed by atoms with Crippen LogP contribution in [0.5, 0.6) is 5.75 Å². The Morgan fingerprint density at radius 3 is 2.68 bits per heavy atom.